The lowest BCUT2D eigenvalue weighted by molar-refractivity contribution is -0.116. The maximum absolute atomic E-state index is 11.7. The molecule has 0 saturated heterocycles. The topological polar surface area (TPSA) is 78.7 Å². The Morgan fingerprint density at radius 2 is 2.18 bits per heavy atom. The molecule has 1 heterocycles. The van der Waals surface area contributed by atoms with Gasteiger partial charge in [0.2, 0.25) is 11.0 Å². The maximum Gasteiger partial charge on any atom is 0.226 e. The largest absolute Gasteiger partial charge is 0.300 e. The highest BCUT2D eigenvalue weighted by atomic mass is 32.2. The van der Waals surface area contributed by atoms with Crippen molar-refractivity contribution in [3.05, 3.63) is 35.4 Å². The van der Waals surface area contributed by atoms with Crippen molar-refractivity contribution >= 4 is 34.1 Å². The van der Waals surface area contributed by atoms with Crippen molar-refractivity contribution in [2.75, 3.05) is 5.32 Å². The molecule has 7 heteroatoms. The summed E-state index contributed by atoms with van der Waals surface area (Å²) in [5, 5.41) is 20.4. The normalized spacial score (nSPS) is 10.5. The molecule has 1 aromatic carbocycles. The lowest BCUT2D eigenvalue weighted by atomic mass is 10.1. The maximum atomic E-state index is 11.7. The molecule has 0 aliphatic heterocycles. The Bertz CT molecular complexity index is 691. The van der Waals surface area contributed by atoms with E-state index in [2.05, 4.69) is 21.6 Å². The molecule has 0 spiro atoms. The van der Waals surface area contributed by atoms with Gasteiger partial charge in [0, 0.05) is 12.2 Å². The number of benzene rings is 1. The Hall–Kier alpha value is -1.91. The van der Waals surface area contributed by atoms with E-state index >= 15 is 0 Å². The summed E-state index contributed by atoms with van der Waals surface area (Å²) in [6.07, 6.45) is 0.470. The van der Waals surface area contributed by atoms with Crippen LogP contribution in [-0.4, -0.2) is 16.1 Å². The molecule has 1 aromatic heterocycles. The van der Waals surface area contributed by atoms with E-state index in [-0.39, 0.29) is 5.91 Å². The van der Waals surface area contributed by atoms with Gasteiger partial charge in [-0.3, -0.25) is 4.79 Å². The Morgan fingerprint density at radius 3 is 2.91 bits per heavy atom. The minimum Gasteiger partial charge on any atom is -0.300 e. The summed E-state index contributed by atoms with van der Waals surface area (Å²) in [5.41, 5.74) is 1.64. The van der Waals surface area contributed by atoms with Crippen molar-refractivity contribution in [2.24, 2.45) is 5.92 Å². The fraction of sp³-hybridized carbons (Fsp3) is 0.333. The molecule has 1 amide bonds. The van der Waals surface area contributed by atoms with Crippen molar-refractivity contribution in [1.82, 2.24) is 10.2 Å². The van der Waals surface area contributed by atoms with Gasteiger partial charge in [-0.05, 0) is 17.5 Å². The number of hydrogen-bond acceptors (Lipinski definition) is 6. The van der Waals surface area contributed by atoms with Gasteiger partial charge in [-0.25, -0.2) is 0 Å². The first-order valence-corrected chi connectivity index (χ1v) is 8.63. The Kier molecular flexibility index (Phi) is 5.92. The minimum absolute atomic E-state index is 0.0440. The van der Waals surface area contributed by atoms with Gasteiger partial charge >= 0.3 is 0 Å². The summed E-state index contributed by atoms with van der Waals surface area (Å²) in [4.78, 5) is 11.7. The van der Waals surface area contributed by atoms with Crippen molar-refractivity contribution < 1.29 is 4.79 Å². The Morgan fingerprint density at radius 1 is 1.41 bits per heavy atom. The standard InChI is InChI=1S/C15H16N4OS2/c1-10(2)7-13(20)17-14-18-19-15(22-14)21-9-12-6-4-3-5-11(12)8-16/h3-6,10H,7,9H2,1-2H3,(H,17,18,20). The monoisotopic (exact) mass is 332 g/mol. The van der Waals surface area contributed by atoms with Crippen LogP contribution in [0.25, 0.3) is 0 Å². The summed E-state index contributed by atoms with van der Waals surface area (Å²) in [6, 6.07) is 9.66. The third kappa shape index (κ3) is 4.83. The molecule has 0 bridgehead atoms. The summed E-state index contributed by atoms with van der Waals surface area (Å²) in [6.45, 7) is 3.99. The Labute approximate surface area is 137 Å². The molecule has 0 saturated carbocycles. The van der Waals surface area contributed by atoms with Gasteiger partial charge in [0.05, 0.1) is 11.6 Å². The van der Waals surface area contributed by atoms with Crippen molar-refractivity contribution in [3.63, 3.8) is 0 Å². The highest BCUT2D eigenvalue weighted by molar-refractivity contribution is 8.00. The molecule has 1 N–H and O–H groups in total. The third-order valence-electron chi connectivity index (χ3n) is 2.74. The predicted octanol–water partition coefficient (Wildman–Crippen LogP) is 3.69. The number of amides is 1. The van der Waals surface area contributed by atoms with Crippen LogP contribution >= 0.6 is 23.1 Å². The van der Waals surface area contributed by atoms with Gasteiger partial charge in [0.25, 0.3) is 0 Å². The van der Waals surface area contributed by atoms with E-state index in [0.717, 1.165) is 9.90 Å². The third-order valence-corrected chi connectivity index (χ3v) is 4.76. The highest BCUT2D eigenvalue weighted by Gasteiger charge is 2.10. The molecule has 2 rings (SSSR count). The average Bonchev–Trinajstić information content (AvgIpc) is 2.92. The minimum atomic E-state index is -0.0440. The lowest BCUT2D eigenvalue weighted by Gasteiger charge is -2.03. The van der Waals surface area contributed by atoms with Gasteiger partial charge in [-0.2, -0.15) is 5.26 Å². The predicted molar refractivity (Wildman–Crippen MR) is 88.7 cm³/mol. The van der Waals surface area contributed by atoms with Crippen LogP contribution in [0.1, 0.15) is 31.4 Å². The number of aromatic nitrogens is 2. The van der Waals surface area contributed by atoms with E-state index in [4.69, 9.17) is 5.26 Å². The first kappa shape index (κ1) is 16.5. The van der Waals surface area contributed by atoms with Crippen LogP contribution in [0.2, 0.25) is 0 Å². The SMILES string of the molecule is CC(C)CC(=O)Nc1nnc(SCc2ccccc2C#N)s1. The van der Waals surface area contributed by atoms with Crippen molar-refractivity contribution in [3.8, 4) is 6.07 Å². The molecular formula is C15H16N4OS2. The van der Waals surface area contributed by atoms with Crippen LogP contribution in [-0.2, 0) is 10.5 Å². The van der Waals surface area contributed by atoms with E-state index in [1.165, 1.54) is 23.1 Å². The van der Waals surface area contributed by atoms with Gasteiger partial charge in [0.15, 0.2) is 4.34 Å². The first-order valence-electron chi connectivity index (χ1n) is 6.82. The van der Waals surface area contributed by atoms with Crippen LogP contribution < -0.4 is 5.32 Å². The van der Waals surface area contributed by atoms with E-state index in [0.29, 0.717) is 28.8 Å². The lowest BCUT2D eigenvalue weighted by Crippen LogP contribution is -2.13. The zero-order valence-corrected chi connectivity index (χ0v) is 14.0. The summed E-state index contributed by atoms with van der Waals surface area (Å²) in [5.74, 6) is 0.917. The molecule has 0 unspecified atom stereocenters. The van der Waals surface area contributed by atoms with E-state index < -0.39 is 0 Å². The molecule has 0 atom stereocenters. The second-order valence-electron chi connectivity index (χ2n) is 5.08. The van der Waals surface area contributed by atoms with E-state index in [1.54, 1.807) is 6.07 Å². The summed E-state index contributed by atoms with van der Waals surface area (Å²) in [7, 11) is 0. The second-order valence-corrected chi connectivity index (χ2v) is 7.28. The number of nitrogens with zero attached hydrogens (tertiary/aromatic N) is 3. The van der Waals surface area contributed by atoms with Crippen LogP contribution in [0.3, 0.4) is 0 Å². The first-order chi connectivity index (χ1) is 10.6. The number of nitrogens with one attached hydrogen (secondary N) is 1. The van der Waals surface area contributed by atoms with E-state index in [9.17, 15) is 4.79 Å². The average molecular weight is 332 g/mol. The smallest absolute Gasteiger partial charge is 0.226 e. The number of hydrogen-bond donors (Lipinski definition) is 1. The number of rotatable bonds is 6. The molecule has 2 aromatic rings. The molecule has 0 fully saturated rings. The molecule has 0 aliphatic rings. The summed E-state index contributed by atoms with van der Waals surface area (Å²) < 4.78 is 0.771. The van der Waals surface area contributed by atoms with Gasteiger partial charge < -0.3 is 5.32 Å². The molecule has 114 valence electrons. The molecular weight excluding hydrogens is 316 g/mol. The molecule has 0 aliphatic carbocycles. The number of nitriles is 1. The number of carbonyl (C=O) groups excluding carboxylic acids is 1. The number of anilines is 1. The fourth-order valence-electron chi connectivity index (χ4n) is 1.75. The summed E-state index contributed by atoms with van der Waals surface area (Å²) >= 11 is 2.85. The molecule has 0 radical (unpaired) electrons. The molecule has 22 heavy (non-hydrogen) atoms. The van der Waals surface area contributed by atoms with Crippen LogP contribution in [0.4, 0.5) is 5.13 Å². The van der Waals surface area contributed by atoms with Gasteiger partial charge in [0.1, 0.15) is 0 Å². The van der Waals surface area contributed by atoms with Crippen LogP contribution in [0, 0.1) is 17.2 Å². The number of thioether (sulfide) groups is 1. The molecule has 5 nitrogen and oxygen atoms in total. The fourth-order valence-corrected chi connectivity index (χ4v) is 3.53. The van der Waals surface area contributed by atoms with Gasteiger partial charge in [-0.1, -0.05) is 55.1 Å². The van der Waals surface area contributed by atoms with Crippen LogP contribution in [0.15, 0.2) is 28.6 Å². The quantitative estimate of drug-likeness (QED) is 0.645. The zero-order valence-electron chi connectivity index (χ0n) is 12.4. The second kappa shape index (κ2) is 7.92. The van der Waals surface area contributed by atoms with E-state index in [1.807, 2.05) is 32.0 Å². The Balaban J connectivity index is 1.92. The van der Waals surface area contributed by atoms with Gasteiger partial charge in [-0.15, -0.1) is 10.2 Å². The number of carbonyl (C=O) groups is 1. The zero-order chi connectivity index (χ0) is 15.9. The van der Waals surface area contributed by atoms with Crippen molar-refractivity contribution in [2.45, 2.75) is 30.4 Å². The highest BCUT2D eigenvalue weighted by Crippen LogP contribution is 2.29. The van der Waals surface area contributed by atoms with Crippen LogP contribution in [0.5, 0.6) is 0 Å². The van der Waals surface area contributed by atoms with Crippen molar-refractivity contribution in [1.29, 1.82) is 5.26 Å².